The number of carbonyl (C=O) groups is 2. The first-order valence-electron chi connectivity index (χ1n) is 8.76. The molecular formula is C20H19N3O3S. The molecule has 0 saturated carbocycles. The monoisotopic (exact) mass is 381 g/mol. The molecule has 0 aliphatic carbocycles. The Labute approximate surface area is 161 Å². The predicted octanol–water partition coefficient (Wildman–Crippen LogP) is 3.31. The minimum absolute atomic E-state index is 0.0183. The first-order chi connectivity index (χ1) is 13.1. The molecule has 1 aromatic carbocycles. The molecule has 6 nitrogen and oxygen atoms in total. The molecule has 1 aliphatic heterocycles. The van der Waals surface area contributed by atoms with Crippen molar-refractivity contribution >= 4 is 23.2 Å². The van der Waals surface area contributed by atoms with E-state index in [9.17, 15) is 9.59 Å². The fourth-order valence-corrected chi connectivity index (χ4v) is 3.92. The van der Waals surface area contributed by atoms with Crippen molar-refractivity contribution < 1.29 is 14.0 Å². The number of aromatic nitrogens is 1. The largest absolute Gasteiger partial charge is 0.459 e. The molecule has 138 valence electrons. The van der Waals surface area contributed by atoms with Gasteiger partial charge in [0.25, 0.3) is 11.8 Å². The van der Waals surface area contributed by atoms with E-state index in [0.29, 0.717) is 37.5 Å². The summed E-state index contributed by atoms with van der Waals surface area (Å²) in [6.07, 6.45) is 1.49. The first kappa shape index (κ1) is 17.5. The van der Waals surface area contributed by atoms with Crippen molar-refractivity contribution in [3.8, 4) is 10.6 Å². The molecule has 0 radical (unpaired) electrons. The van der Waals surface area contributed by atoms with Crippen LogP contribution in [0.2, 0.25) is 0 Å². The van der Waals surface area contributed by atoms with Gasteiger partial charge in [-0.1, -0.05) is 12.1 Å². The fraction of sp³-hybridized carbons (Fsp3) is 0.250. The maximum Gasteiger partial charge on any atom is 0.289 e. The van der Waals surface area contributed by atoms with Crippen LogP contribution in [-0.4, -0.2) is 52.8 Å². The average Bonchev–Trinajstić information content (AvgIpc) is 3.39. The van der Waals surface area contributed by atoms with E-state index in [4.69, 9.17) is 4.42 Å². The fourth-order valence-electron chi connectivity index (χ4n) is 3.12. The van der Waals surface area contributed by atoms with Gasteiger partial charge in [-0.05, 0) is 31.2 Å². The molecule has 2 amide bonds. The Morgan fingerprint density at radius 2 is 1.78 bits per heavy atom. The van der Waals surface area contributed by atoms with Gasteiger partial charge < -0.3 is 14.2 Å². The maximum absolute atomic E-state index is 12.9. The standard InChI is InChI=1S/C20H19N3O3S/c1-14-13-27-18(21-14)15-4-2-5-16(12-15)19(24)22-7-9-23(10-8-22)20(25)17-6-3-11-26-17/h2-6,11-13H,7-10H2,1H3. The highest BCUT2D eigenvalue weighted by Gasteiger charge is 2.26. The topological polar surface area (TPSA) is 66.7 Å². The second-order valence-corrected chi connectivity index (χ2v) is 7.29. The highest BCUT2D eigenvalue weighted by Crippen LogP contribution is 2.25. The van der Waals surface area contributed by atoms with Gasteiger partial charge in [0.2, 0.25) is 0 Å². The quantitative estimate of drug-likeness (QED) is 0.698. The van der Waals surface area contributed by atoms with Gasteiger partial charge in [0.15, 0.2) is 5.76 Å². The summed E-state index contributed by atoms with van der Waals surface area (Å²) >= 11 is 1.57. The van der Waals surface area contributed by atoms with E-state index in [2.05, 4.69) is 4.98 Å². The molecule has 1 aliphatic rings. The molecule has 2 aromatic heterocycles. The smallest absolute Gasteiger partial charge is 0.289 e. The molecule has 7 heteroatoms. The second-order valence-electron chi connectivity index (χ2n) is 6.44. The van der Waals surface area contributed by atoms with Crippen LogP contribution < -0.4 is 0 Å². The van der Waals surface area contributed by atoms with Gasteiger partial charge in [0.05, 0.1) is 6.26 Å². The lowest BCUT2D eigenvalue weighted by molar-refractivity contribution is 0.0518. The van der Waals surface area contributed by atoms with Crippen LogP contribution >= 0.6 is 11.3 Å². The van der Waals surface area contributed by atoms with Crippen LogP contribution in [0.3, 0.4) is 0 Å². The minimum Gasteiger partial charge on any atom is -0.459 e. The zero-order chi connectivity index (χ0) is 18.8. The van der Waals surface area contributed by atoms with E-state index >= 15 is 0 Å². The van der Waals surface area contributed by atoms with Crippen molar-refractivity contribution in [2.24, 2.45) is 0 Å². The summed E-state index contributed by atoms with van der Waals surface area (Å²) < 4.78 is 5.17. The second kappa shape index (κ2) is 7.36. The van der Waals surface area contributed by atoms with E-state index in [1.54, 1.807) is 33.3 Å². The summed E-state index contributed by atoms with van der Waals surface area (Å²) in [5, 5.41) is 2.91. The van der Waals surface area contributed by atoms with Crippen LogP contribution in [0.5, 0.6) is 0 Å². The maximum atomic E-state index is 12.9. The SMILES string of the molecule is Cc1csc(-c2cccc(C(=O)N3CCN(C(=O)c4ccco4)CC3)c2)n1. The Morgan fingerprint density at radius 3 is 2.41 bits per heavy atom. The number of furan rings is 1. The minimum atomic E-state index is -0.131. The molecule has 1 saturated heterocycles. The number of rotatable bonds is 3. The van der Waals surface area contributed by atoms with Crippen LogP contribution in [0.15, 0.2) is 52.5 Å². The Balaban J connectivity index is 1.43. The summed E-state index contributed by atoms with van der Waals surface area (Å²) in [6, 6.07) is 10.9. The average molecular weight is 381 g/mol. The Bertz CT molecular complexity index is 957. The number of carbonyl (C=O) groups excluding carboxylic acids is 2. The molecule has 3 aromatic rings. The normalized spacial score (nSPS) is 14.4. The lowest BCUT2D eigenvalue weighted by Crippen LogP contribution is -2.50. The van der Waals surface area contributed by atoms with E-state index < -0.39 is 0 Å². The third-order valence-corrected chi connectivity index (χ3v) is 5.57. The van der Waals surface area contributed by atoms with Crippen molar-refractivity contribution in [1.29, 1.82) is 0 Å². The summed E-state index contributed by atoms with van der Waals surface area (Å²) in [7, 11) is 0. The summed E-state index contributed by atoms with van der Waals surface area (Å²) in [5.41, 5.74) is 2.57. The Hall–Kier alpha value is -2.93. The molecule has 27 heavy (non-hydrogen) atoms. The highest BCUT2D eigenvalue weighted by molar-refractivity contribution is 7.13. The van der Waals surface area contributed by atoms with Gasteiger partial charge >= 0.3 is 0 Å². The van der Waals surface area contributed by atoms with Gasteiger partial charge in [-0.15, -0.1) is 11.3 Å². The molecule has 0 N–H and O–H groups in total. The van der Waals surface area contributed by atoms with E-state index in [1.165, 1.54) is 6.26 Å². The van der Waals surface area contributed by atoms with Gasteiger partial charge in [0, 0.05) is 48.4 Å². The summed E-state index contributed by atoms with van der Waals surface area (Å²) in [6.45, 7) is 3.96. The number of hydrogen-bond acceptors (Lipinski definition) is 5. The number of thiazole rings is 1. The molecule has 0 atom stereocenters. The number of nitrogens with zero attached hydrogens (tertiary/aromatic N) is 3. The summed E-state index contributed by atoms with van der Waals surface area (Å²) in [4.78, 5) is 33.2. The zero-order valence-corrected chi connectivity index (χ0v) is 15.7. The summed E-state index contributed by atoms with van der Waals surface area (Å²) in [5.74, 6) is 0.185. The van der Waals surface area contributed by atoms with Crippen LogP contribution in [0, 0.1) is 6.92 Å². The number of amides is 2. The lowest BCUT2D eigenvalue weighted by atomic mass is 10.1. The molecule has 1 fully saturated rings. The van der Waals surface area contributed by atoms with Crippen LogP contribution in [0.4, 0.5) is 0 Å². The van der Waals surface area contributed by atoms with Crippen molar-refractivity contribution in [2.75, 3.05) is 26.2 Å². The Kier molecular flexibility index (Phi) is 4.77. The third kappa shape index (κ3) is 3.64. The first-order valence-corrected chi connectivity index (χ1v) is 9.64. The van der Waals surface area contributed by atoms with Gasteiger partial charge in [-0.25, -0.2) is 4.98 Å². The molecule has 3 heterocycles. The van der Waals surface area contributed by atoms with Crippen LogP contribution in [0.1, 0.15) is 26.6 Å². The third-order valence-electron chi connectivity index (χ3n) is 4.56. The predicted molar refractivity (Wildman–Crippen MR) is 103 cm³/mol. The number of hydrogen-bond donors (Lipinski definition) is 0. The number of piperazine rings is 1. The Morgan fingerprint density at radius 1 is 1.04 bits per heavy atom. The van der Waals surface area contributed by atoms with Crippen molar-refractivity contribution in [2.45, 2.75) is 6.92 Å². The van der Waals surface area contributed by atoms with E-state index in [-0.39, 0.29) is 11.8 Å². The van der Waals surface area contributed by atoms with E-state index in [1.807, 2.05) is 36.6 Å². The molecule has 0 unspecified atom stereocenters. The van der Waals surface area contributed by atoms with E-state index in [0.717, 1.165) is 16.3 Å². The lowest BCUT2D eigenvalue weighted by Gasteiger charge is -2.34. The van der Waals surface area contributed by atoms with Crippen molar-refractivity contribution in [3.63, 3.8) is 0 Å². The van der Waals surface area contributed by atoms with Gasteiger partial charge in [0.1, 0.15) is 5.01 Å². The van der Waals surface area contributed by atoms with Crippen molar-refractivity contribution in [1.82, 2.24) is 14.8 Å². The molecule has 0 spiro atoms. The molecule has 4 rings (SSSR count). The molecular weight excluding hydrogens is 362 g/mol. The zero-order valence-electron chi connectivity index (χ0n) is 14.9. The number of aryl methyl sites for hydroxylation is 1. The van der Waals surface area contributed by atoms with Gasteiger partial charge in [-0.3, -0.25) is 9.59 Å². The van der Waals surface area contributed by atoms with Gasteiger partial charge in [-0.2, -0.15) is 0 Å². The van der Waals surface area contributed by atoms with Crippen LogP contribution in [0.25, 0.3) is 10.6 Å². The highest BCUT2D eigenvalue weighted by atomic mass is 32.1. The molecule has 0 bridgehead atoms. The van der Waals surface area contributed by atoms with Crippen LogP contribution in [-0.2, 0) is 0 Å². The van der Waals surface area contributed by atoms with Crippen molar-refractivity contribution in [3.05, 3.63) is 65.1 Å². The number of benzene rings is 1.